The molecule has 19 heavy (non-hydrogen) atoms. The van der Waals surface area contributed by atoms with E-state index in [2.05, 4.69) is 41.0 Å². The van der Waals surface area contributed by atoms with Gasteiger partial charge in [0.1, 0.15) is 0 Å². The van der Waals surface area contributed by atoms with E-state index in [0.717, 1.165) is 32.6 Å². The van der Waals surface area contributed by atoms with Gasteiger partial charge in [0.05, 0.1) is 0 Å². The lowest BCUT2D eigenvalue weighted by molar-refractivity contribution is 0.286. The Morgan fingerprint density at radius 3 is 2.05 bits per heavy atom. The topological polar surface area (TPSA) is 44.3 Å². The van der Waals surface area contributed by atoms with Gasteiger partial charge in [0.2, 0.25) is 0 Å². The average molecular weight is 264 g/mol. The van der Waals surface area contributed by atoms with E-state index < -0.39 is 0 Å². The van der Waals surface area contributed by atoms with Crippen molar-refractivity contribution in [1.82, 2.24) is 10.6 Å². The highest BCUT2D eigenvalue weighted by molar-refractivity contribution is 5.14. The van der Waals surface area contributed by atoms with Gasteiger partial charge in [-0.3, -0.25) is 0 Å². The molecule has 0 atom stereocenters. The fourth-order valence-electron chi connectivity index (χ4n) is 2.01. The molecule has 3 heteroatoms. The molecule has 0 bridgehead atoms. The summed E-state index contributed by atoms with van der Waals surface area (Å²) in [6.45, 7) is 4.39. The molecule has 108 valence electrons. The third-order valence-corrected chi connectivity index (χ3v) is 3.14. The highest BCUT2D eigenvalue weighted by Crippen LogP contribution is 2.00. The summed E-state index contributed by atoms with van der Waals surface area (Å²) in [5, 5.41) is 15.4. The minimum absolute atomic E-state index is 0.292. The van der Waals surface area contributed by atoms with Crippen molar-refractivity contribution in [2.75, 3.05) is 26.2 Å². The molecule has 0 aromatic heterocycles. The van der Waals surface area contributed by atoms with Gasteiger partial charge in [-0.15, -0.1) is 0 Å². The third kappa shape index (κ3) is 9.65. The van der Waals surface area contributed by atoms with Crippen molar-refractivity contribution in [1.29, 1.82) is 0 Å². The number of aliphatic hydroxyl groups excluding tert-OH is 1. The molecular weight excluding hydrogens is 236 g/mol. The van der Waals surface area contributed by atoms with Gasteiger partial charge in [0, 0.05) is 13.2 Å². The Kier molecular flexibility index (Phi) is 10.3. The molecule has 1 aromatic carbocycles. The van der Waals surface area contributed by atoms with Crippen LogP contribution in [0.5, 0.6) is 0 Å². The van der Waals surface area contributed by atoms with Crippen molar-refractivity contribution in [3.05, 3.63) is 35.9 Å². The second-order valence-corrected chi connectivity index (χ2v) is 4.90. The van der Waals surface area contributed by atoms with Gasteiger partial charge >= 0.3 is 0 Å². The Morgan fingerprint density at radius 2 is 1.37 bits per heavy atom. The van der Waals surface area contributed by atoms with E-state index >= 15 is 0 Å². The summed E-state index contributed by atoms with van der Waals surface area (Å²) < 4.78 is 0. The minimum Gasteiger partial charge on any atom is -0.396 e. The molecule has 1 rings (SSSR count). The van der Waals surface area contributed by atoms with E-state index in [0.29, 0.717) is 6.61 Å². The molecule has 0 radical (unpaired) electrons. The standard InChI is InChI=1S/C16H28N2O/c19-14-8-13-17-11-6-1-2-7-12-18-15-16-9-4-3-5-10-16/h3-5,9-10,17-19H,1-2,6-8,11-15H2. The monoisotopic (exact) mass is 264 g/mol. The Bertz CT molecular complexity index is 290. The molecule has 0 saturated heterocycles. The zero-order valence-electron chi connectivity index (χ0n) is 11.9. The Balaban J connectivity index is 1.79. The van der Waals surface area contributed by atoms with Gasteiger partial charge in [0.25, 0.3) is 0 Å². The van der Waals surface area contributed by atoms with Gasteiger partial charge in [-0.05, 0) is 44.5 Å². The Morgan fingerprint density at radius 1 is 0.737 bits per heavy atom. The van der Waals surface area contributed by atoms with Crippen molar-refractivity contribution in [3.8, 4) is 0 Å². The summed E-state index contributed by atoms with van der Waals surface area (Å²) in [7, 11) is 0. The lowest BCUT2D eigenvalue weighted by Crippen LogP contribution is -2.17. The van der Waals surface area contributed by atoms with E-state index in [1.165, 1.54) is 31.2 Å². The van der Waals surface area contributed by atoms with Crippen LogP contribution < -0.4 is 10.6 Å². The number of aliphatic hydroxyl groups is 1. The van der Waals surface area contributed by atoms with Crippen molar-refractivity contribution < 1.29 is 5.11 Å². The zero-order valence-corrected chi connectivity index (χ0v) is 11.9. The van der Waals surface area contributed by atoms with Crippen LogP contribution in [-0.4, -0.2) is 31.3 Å². The van der Waals surface area contributed by atoms with E-state index in [-0.39, 0.29) is 0 Å². The van der Waals surface area contributed by atoms with Gasteiger partial charge in [-0.1, -0.05) is 43.2 Å². The molecule has 0 unspecified atom stereocenters. The van der Waals surface area contributed by atoms with Crippen molar-refractivity contribution in [2.45, 2.75) is 38.6 Å². The highest BCUT2D eigenvalue weighted by Gasteiger charge is 1.92. The van der Waals surface area contributed by atoms with E-state index in [1.807, 2.05) is 0 Å². The van der Waals surface area contributed by atoms with E-state index in [1.54, 1.807) is 0 Å². The first-order valence-corrected chi connectivity index (χ1v) is 7.49. The van der Waals surface area contributed by atoms with Crippen LogP contribution in [0.2, 0.25) is 0 Å². The second kappa shape index (κ2) is 12.2. The highest BCUT2D eigenvalue weighted by atomic mass is 16.3. The van der Waals surface area contributed by atoms with Crippen molar-refractivity contribution >= 4 is 0 Å². The minimum atomic E-state index is 0.292. The fourth-order valence-corrected chi connectivity index (χ4v) is 2.01. The van der Waals surface area contributed by atoms with Gasteiger partial charge < -0.3 is 15.7 Å². The SMILES string of the molecule is OCCCNCCCCCCNCc1ccccc1. The van der Waals surface area contributed by atoms with Gasteiger partial charge in [0.15, 0.2) is 0 Å². The summed E-state index contributed by atoms with van der Waals surface area (Å²) in [6.07, 6.45) is 5.94. The lowest BCUT2D eigenvalue weighted by atomic mass is 10.2. The van der Waals surface area contributed by atoms with Gasteiger partial charge in [-0.2, -0.15) is 0 Å². The van der Waals surface area contributed by atoms with Crippen LogP contribution in [0.4, 0.5) is 0 Å². The normalized spacial score (nSPS) is 10.8. The maximum atomic E-state index is 8.62. The smallest absolute Gasteiger partial charge is 0.0443 e. The number of nitrogens with one attached hydrogen (secondary N) is 2. The predicted molar refractivity (Wildman–Crippen MR) is 81.2 cm³/mol. The maximum absolute atomic E-state index is 8.62. The fraction of sp³-hybridized carbons (Fsp3) is 0.625. The first kappa shape index (κ1) is 16.2. The van der Waals surface area contributed by atoms with Crippen LogP contribution in [0.25, 0.3) is 0 Å². The third-order valence-electron chi connectivity index (χ3n) is 3.14. The Labute approximate surface area is 117 Å². The molecule has 3 nitrogen and oxygen atoms in total. The maximum Gasteiger partial charge on any atom is 0.0443 e. The summed E-state index contributed by atoms with van der Waals surface area (Å²) >= 11 is 0. The number of rotatable bonds is 12. The molecule has 3 N–H and O–H groups in total. The second-order valence-electron chi connectivity index (χ2n) is 4.90. The van der Waals surface area contributed by atoms with E-state index in [4.69, 9.17) is 5.11 Å². The number of hydrogen-bond donors (Lipinski definition) is 3. The summed E-state index contributed by atoms with van der Waals surface area (Å²) in [4.78, 5) is 0. The predicted octanol–water partition coefficient (Wildman–Crippen LogP) is 2.31. The van der Waals surface area contributed by atoms with Crippen LogP contribution in [0.3, 0.4) is 0 Å². The largest absolute Gasteiger partial charge is 0.396 e. The lowest BCUT2D eigenvalue weighted by Gasteiger charge is -2.05. The Hall–Kier alpha value is -0.900. The van der Waals surface area contributed by atoms with Crippen LogP contribution >= 0.6 is 0 Å². The van der Waals surface area contributed by atoms with Crippen LogP contribution in [0.1, 0.15) is 37.7 Å². The molecule has 0 aliphatic heterocycles. The van der Waals surface area contributed by atoms with Crippen LogP contribution in [0.15, 0.2) is 30.3 Å². The molecule has 0 aliphatic rings. The molecule has 1 aromatic rings. The average Bonchev–Trinajstić information content (AvgIpc) is 2.46. The van der Waals surface area contributed by atoms with Crippen LogP contribution in [0, 0.1) is 0 Å². The molecule has 0 amide bonds. The quantitative estimate of drug-likeness (QED) is 0.508. The number of unbranched alkanes of at least 4 members (excludes halogenated alkanes) is 3. The summed E-state index contributed by atoms with van der Waals surface area (Å²) in [5.74, 6) is 0. The zero-order chi connectivity index (χ0) is 13.6. The molecule has 0 fully saturated rings. The number of hydrogen-bond acceptors (Lipinski definition) is 3. The molecule has 0 spiro atoms. The molecular formula is C16H28N2O. The molecule has 0 saturated carbocycles. The molecule has 0 heterocycles. The summed E-state index contributed by atoms with van der Waals surface area (Å²) in [5.41, 5.74) is 1.36. The summed E-state index contributed by atoms with van der Waals surface area (Å²) in [6, 6.07) is 10.5. The van der Waals surface area contributed by atoms with Crippen LogP contribution in [-0.2, 0) is 6.54 Å². The van der Waals surface area contributed by atoms with Gasteiger partial charge in [-0.25, -0.2) is 0 Å². The number of benzene rings is 1. The van der Waals surface area contributed by atoms with Crippen molar-refractivity contribution in [2.24, 2.45) is 0 Å². The first-order valence-electron chi connectivity index (χ1n) is 7.49. The first-order chi connectivity index (χ1) is 9.43. The van der Waals surface area contributed by atoms with Crippen molar-refractivity contribution in [3.63, 3.8) is 0 Å². The van der Waals surface area contributed by atoms with E-state index in [9.17, 15) is 0 Å². The molecule has 0 aliphatic carbocycles.